The molecule has 0 rings (SSSR count). The summed E-state index contributed by atoms with van der Waals surface area (Å²) in [5, 5.41) is 22.5. The highest BCUT2D eigenvalue weighted by Crippen LogP contribution is 1.89. The molecule has 0 saturated heterocycles. The molecule has 0 aliphatic heterocycles. The second-order valence-electron chi connectivity index (χ2n) is 2.19. The highest BCUT2D eigenvalue weighted by atomic mass is 16.6. The molecule has 6 heteroatoms. The third-order valence-corrected chi connectivity index (χ3v) is 0.811. The molecule has 0 bridgehead atoms. The van der Waals surface area contributed by atoms with Crippen LogP contribution in [0.3, 0.4) is 0 Å². The number of nitriles is 1. The van der Waals surface area contributed by atoms with Crippen LogP contribution in [-0.4, -0.2) is 22.9 Å². The fourth-order valence-corrected chi connectivity index (χ4v) is 0.330. The first kappa shape index (κ1) is 10.2. The molecule has 0 atom stereocenters. The minimum atomic E-state index is -0.363. The van der Waals surface area contributed by atoms with Gasteiger partial charge >= 0.3 is 0 Å². The zero-order chi connectivity index (χ0) is 9.56. The van der Waals surface area contributed by atoms with Gasteiger partial charge in [0.25, 0.3) is 0 Å². The van der Waals surface area contributed by atoms with Crippen molar-refractivity contribution in [2.45, 2.75) is 20.0 Å². The minimum Gasteiger partial charge on any atom is -0.409 e. The van der Waals surface area contributed by atoms with Gasteiger partial charge in [0.15, 0.2) is 0 Å². The number of rotatable bonds is 3. The largest absolute Gasteiger partial charge is 0.409 e. The second-order valence-corrected chi connectivity index (χ2v) is 2.19. The summed E-state index contributed by atoms with van der Waals surface area (Å²) >= 11 is 0. The van der Waals surface area contributed by atoms with Crippen molar-refractivity contribution in [3.63, 3.8) is 0 Å². The molecule has 66 valence electrons. The van der Waals surface area contributed by atoms with Gasteiger partial charge in [0.05, 0.1) is 0 Å². The van der Waals surface area contributed by atoms with Crippen LogP contribution in [0.1, 0.15) is 13.8 Å². The second kappa shape index (κ2) is 4.96. The molecular weight excluding hydrogens is 160 g/mol. The van der Waals surface area contributed by atoms with E-state index in [0.29, 0.717) is 0 Å². The molecule has 0 aromatic rings. The van der Waals surface area contributed by atoms with Crippen molar-refractivity contribution in [1.29, 1.82) is 5.26 Å². The molecule has 0 amide bonds. The fraction of sp³-hybridized carbons (Fsp3) is 0.500. The number of nitrogens with zero attached hydrogens (tertiary/aromatic N) is 3. The quantitative estimate of drug-likeness (QED) is 0.270. The van der Waals surface area contributed by atoms with Gasteiger partial charge in [0, 0.05) is 0 Å². The summed E-state index contributed by atoms with van der Waals surface area (Å²) < 4.78 is 0. The lowest BCUT2D eigenvalue weighted by molar-refractivity contribution is 0.0867. The van der Waals surface area contributed by atoms with E-state index >= 15 is 0 Å². The Morgan fingerprint density at radius 2 is 2.25 bits per heavy atom. The van der Waals surface area contributed by atoms with Gasteiger partial charge in [-0.3, -0.25) is 0 Å². The minimum absolute atomic E-state index is 0.153. The average Bonchev–Trinajstić information content (AvgIpc) is 2.04. The van der Waals surface area contributed by atoms with Crippen molar-refractivity contribution in [1.82, 2.24) is 0 Å². The summed E-state index contributed by atoms with van der Waals surface area (Å²) in [5.74, 6) is -0.363. The van der Waals surface area contributed by atoms with E-state index in [4.69, 9.17) is 21.0 Å². The maximum absolute atomic E-state index is 8.41. The molecule has 3 N–H and O–H groups in total. The SMILES string of the molecule is CC(C)O/N=C(C#N)\C(N)=N/O. The maximum atomic E-state index is 8.41. The van der Waals surface area contributed by atoms with E-state index in [1.165, 1.54) is 0 Å². The summed E-state index contributed by atoms with van der Waals surface area (Å²) in [5.41, 5.74) is 4.84. The summed E-state index contributed by atoms with van der Waals surface area (Å²) in [4.78, 5) is 4.71. The van der Waals surface area contributed by atoms with Gasteiger partial charge in [-0.1, -0.05) is 10.3 Å². The van der Waals surface area contributed by atoms with E-state index in [1.54, 1.807) is 19.9 Å². The van der Waals surface area contributed by atoms with Crippen LogP contribution in [0, 0.1) is 11.3 Å². The van der Waals surface area contributed by atoms with Gasteiger partial charge in [-0.2, -0.15) is 5.26 Å². The van der Waals surface area contributed by atoms with Crippen molar-refractivity contribution in [3.8, 4) is 6.07 Å². The van der Waals surface area contributed by atoms with Crippen LogP contribution in [0.4, 0.5) is 0 Å². The van der Waals surface area contributed by atoms with Crippen LogP contribution >= 0.6 is 0 Å². The van der Waals surface area contributed by atoms with Crippen LogP contribution in [0.15, 0.2) is 10.3 Å². The Bertz CT molecular complexity index is 238. The Kier molecular flexibility index (Phi) is 4.23. The number of hydrogen-bond acceptors (Lipinski definition) is 5. The molecule has 0 spiro atoms. The van der Waals surface area contributed by atoms with Crippen LogP contribution in [-0.2, 0) is 4.84 Å². The van der Waals surface area contributed by atoms with E-state index in [1.807, 2.05) is 0 Å². The van der Waals surface area contributed by atoms with Crippen molar-refractivity contribution in [2.24, 2.45) is 16.0 Å². The molecule has 0 heterocycles. The first-order valence-corrected chi connectivity index (χ1v) is 3.23. The van der Waals surface area contributed by atoms with Gasteiger partial charge in [-0.05, 0) is 13.8 Å². The smallest absolute Gasteiger partial charge is 0.224 e. The highest BCUT2D eigenvalue weighted by molar-refractivity contribution is 6.46. The average molecular weight is 170 g/mol. The molecule has 0 radical (unpaired) electrons. The summed E-state index contributed by atoms with van der Waals surface area (Å²) in [7, 11) is 0. The zero-order valence-corrected chi connectivity index (χ0v) is 6.85. The molecule has 0 aromatic heterocycles. The van der Waals surface area contributed by atoms with E-state index in [9.17, 15) is 0 Å². The zero-order valence-electron chi connectivity index (χ0n) is 6.85. The maximum Gasteiger partial charge on any atom is 0.224 e. The lowest BCUT2D eigenvalue weighted by Gasteiger charge is -2.01. The van der Waals surface area contributed by atoms with Gasteiger partial charge in [-0.15, -0.1) is 0 Å². The van der Waals surface area contributed by atoms with E-state index < -0.39 is 0 Å². The first-order valence-electron chi connectivity index (χ1n) is 3.23. The Morgan fingerprint density at radius 3 is 2.58 bits per heavy atom. The van der Waals surface area contributed by atoms with E-state index in [0.717, 1.165) is 0 Å². The Balaban J connectivity index is 4.37. The monoisotopic (exact) mass is 170 g/mol. The predicted octanol–water partition coefficient (Wildman–Crippen LogP) is 0.0374. The van der Waals surface area contributed by atoms with Gasteiger partial charge in [0.1, 0.15) is 12.2 Å². The van der Waals surface area contributed by atoms with Crippen LogP contribution < -0.4 is 5.73 Å². The third kappa shape index (κ3) is 3.41. The molecular formula is C6H10N4O2. The Labute approximate surface area is 69.9 Å². The van der Waals surface area contributed by atoms with Crippen LogP contribution in [0.2, 0.25) is 0 Å². The summed E-state index contributed by atoms with van der Waals surface area (Å²) in [6.45, 7) is 3.48. The number of amidine groups is 1. The molecule has 6 nitrogen and oxygen atoms in total. The van der Waals surface area contributed by atoms with Crippen molar-refractivity contribution < 1.29 is 10.0 Å². The van der Waals surface area contributed by atoms with E-state index in [-0.39, 0.29) is 17.7 Å². The number of nitrogens with two attached hydrogens (primary N) is 1. The molecule has 0 fully saturated rings. The fourth-order valence-electron chi connectivity index (χ4n) is 0.330. The predicted molar refractivity (Wildman–Crippen MR) is 42.7 cm³/mol. The Morgan fingerprint density at radius 1 is 1.67 bits per heavy atom. The molecule has 12 heavy (non-hydrogen) atoms. The van der Waals surface area contributed by atoms with Crippen LogP contribution in [0.5, 0.6) is 0 Å². The molecule has 0 unspecified atom stereocenters. The van der Waals surface area contributed by atoms with Crippen molar-refractivity contribution in [3.05, 3.63) is 0 Å². The summed E-state index contributed by atoms with van der Waals surface area (Å²) in [6, 6.07) is 1.62. The third-order valence-electron chi connectivity index (χ3n) is 0.811. The topological polar surface area (TPSA) is 104 Å². The van der Waals surface area contributed by atoms with Crippen molar-refractivity contribution in [2.75, 3.05) is 0 Å². The molecule has 0 saturated carbocycles. The van der Waals surface area contributed by atoms with Crippen molar-refractivity contribution >= 4 is 11.5 Å². The van der Waals surface area contributed by atoms with Gasteiger partial charge in [-0.25, -0.2) is 0 Å². The number of oxime groups is 2. The van der Waals surface area contributed by atoms with Gasteiger partial charge < -0.3 is 15.8 Å². The molecule has 0 aliphatic rings. The first-order chi connectivity index (χ1) is 5.61. The molecule has 0 aromatic carbocycles. The lowest BCUT2D eigenvalue weighted by atomic mass is 10.4. The summed E-state index contributed by atoms with van der Waals surface area (Å²) in [6.07, 6.45) is -0.153. The normalized spacial score (nSPS) is 12.8. The molecule has 0 aliphatic carbocycles. The van der Waals surface area contributed by atoms with Gasteiger partial charge in [0.2, 0.25) is 11.5 Å². The standard InChI is InChI=1S/C6H10N4O2/c1-4(2)12-10-5(3-7)6(8)9-11/h4,11H,1-2H3,(H2,8,9)/b10-5-. The van der Waals surface area contributed by atoms with Crippen LogP contribution in [0.25, 0.3) is 0 Å². The van der Waals surface area contributed by atoms with E-state index in [2.05, 4.69) is 10.3 Å². The highest BCUT2D eigenvalue weighted by Gasteiger charge is 2.04. The Hall–Kier alpha value is -1.77. The lowest BCUT2D eigenvalue weighted by Crippen LogP contribution is -2.23. The number of hydrogen-bond donors (Lipinski definition) is 2.